The van der Waals surface area contributed by atoms with Crippen LogP contribution in [0.5, 0.6) is 0 Å². The number of aromatic nitrogens is 2. The lowest BCUT2D eigenvalue weighted by molar-refractivity contribution is 0.0130. The highest BCUT2D eigenvalue weighted by Gasteiger charge is 2.29. The van der Waals surface area contributed by atoms with E-state index in [0.717, 1.165) is 82.6 Å². The Morgan fingerprint density at radius 2 is 1.65 bits per heavy atom. The number of piperazine rings is 1. The number of halogens is 1. The Hall–Kier alpha value is -3.46. The lowest BCUT2D eigenvalue weighted by atomic mass is 9.91. The fourth-order valence-corrected chi connectivity index (χ4v) is 6.73. The first-order chi connectivity index (χ1) is 22.1. The molecule has 3 fully saturated rings. The second-order valence-electron chi connectivity index (χ2n) is 13.8. The third kappa shape index (κ3) is 9.53. The summed E-state index contributed by atoms with van der Waals surface area (Å²) >= 11 is 6.16. The quantitative estimate of drug-likeness (QED) is 0.421. The Labute approximate surface area is 277 Å². The second-order valence-corrected chi connectivity index (χ2v) is 14.2. The van der Waals surface area contributed by atoms with E-state index in [1.165, 1.54) is 0 Å². The Morgan fingerprint density at radius 1 is 0.957 bits per heavy atom. The maximum atomic E-state index is 12.9. The summed E-state index contributed by atoms with van der Waals surface area (Å²) < 4.78 is 5.52. The summed E-state index contributed by atoms with van der Waals surface area (Å²) in [7, 11) is 0. The van der Waals surface area contributed by atoms with Gasteiger partial charge in [-0.15, -0.1) is 10.2 Å². The third-order valence-electron chi connectivity index (χ3n) is 9.17. The van der Waals surface area contributed by atoms with Gasteiger partial charge < -0.3 is 25.2 Å². The number of rotatable bonds is 8. The molecule has 3 aliphatic rings. The molecular formula is C34H47ClN8O3. The van der Waals surface area contributed by atoms with Crippen molar-refractivity contribution in [1.29, 1.82) is 5.26 Å². The minimum Gasteiger partial charge on any atom is -0.444 e. The fourth-order valence-electron chi connectivity index (χ4n) is 6.49. The molecule has 0 unspecified atom stereocenters. The molecule has 46 heavy (non-hydrogen) atoms. The molecule has 2 amide bonds. The van der Waals surface area contributed by atoms with Gasteiger partial charge in [0, 0.05) is 64.4 Å². The Balaban J connectivity index is 0.983. The standard InChI is InChI=1S/C34H47ClN8O3/c1-34(2,3)46-33(45)43-18-16-41(17-19-43)23-24-12-14-42(15-13-24)31-11-10-30(39-40-31)32(44)38-28-8-6-27(7-9-28)37-22-25-4-5-26(21-36)29(35)20-25/h4-5,10-11,20,24,27-28,37H,6-9,12-19,22-23H2,1-3H3,(H,38,44). The SMILES string of the molecule is CC(C)(C)OC(=O)N1CCN(CC2CCN(c3ccc(C(=O)NC4CCC(NCc5ccc(C#N)c(Cl)c5)CC4)nn3)CC2)CC1. The number of piperidine rings is 1. The number of nitriles is 1. The molecule has 1 aromatic heterocycles. The summed E-state index contributed by atoms with van der Waals surface area (Å²) in [5, 5.41) is 24.9. The zero-order valence-corrected chi connectivity index (χ0v) is 28.1. The molecular weight excluding hydrogens is 604 g/mol. The molecule has 0 spiro atoms. The summed E-state index contributed by atoms with van der Waals surface area (Å²) in [6.07, 6.45) is 5.68. The van der Waals surface area contributed by atoms with Gasteiger partial charge in [0.2, 0.25) is 0 Å². The zero-order valence-electron chi connectivity index (χ0n) is 27.3. The molecule has 2 saturated heterocycles. The molecule has 2 aliphatic heterocycles. The second kappa shape index (κ2) is 15.4. The molecule has 0 bridgehead atoms. The lowest BCUT2D eigenvalue weighted by Crippen LogP contribution is -2.51. The van der Waals surface area contributed by atoms with Crippen LogP contribution in [0.2, 0.25) is 5.02 Å². The van der Waals surface area contributed by atoms with Crippen LogP contribution in [-0.2, 0) is 11.3 Å². The van der Waals surface area contributed by atoms with E-state index in [-0.39, 0.29) is 18.0 Å². The van der Waals surface area contributed by atoms with Crippen molar-refractivity contribution < 1.29 is 14.3 Å². The molecule has 12 heteroatoms. The Morgan fingerprint density at radius 3 is 2.26 bits per heavy atom. The first-order valence-electron chi connectivity index (χ1n) is 16.6. The lowest BCUT2D eigenvalue weighted by Gasteiger charge is -2.39. The molecule has 1 aliphatic carbocycles. The van der Waals surface area contributed by atoms with E-state index >= 15 is 0 Å². The van der Waals surface area contributed by atoms with Crippen LogP contribution in [0.15, 0.2) is 30.3 Å². The van der Waals surface area contributed by atoms with Gasteiger partial charge in [0.1, 0.15) is 11.7 Å². The van der Waals surface area contributed by atoms with Crippen LogP contribution >= 0.6 is 11.6 Å². The third-order valence-corrected chi connectivity index (χ3v) is 9.49. The highest BCUT2D eigenvalue weighted by Crippen LogP contribution is 2.24. The van der Waals surface area contributed by atoms with Crippen molar-refractivity contribution in [2.24, 2.45) is 5.92 Å². The molecule has 11 nitrogen and oxygen atoms in total. The van der Waals surface area contributed by atoms with Gasteiger partial charge in [0.25, 0.3) is 5.91 Å². The molecule has 0 radical (unpaired) electrons. The van der Waals surface area contributed by atoms with Gasteiger partial charge in [0.05, 0.1) is 10.6 Å². The van der Waals surface area contributed by atoms with Gasteiger partial charge in [0.15, 0.2) is 11.5 Å². The molecule has 0 atom stereocenters. The molecule has 1 aromatic carbocycles. The summed E-state index contributed by atoms with van der Waals surface area (Å²) in [6.45, 7) is 12.4. The summed E-state index contributed by atoms with van der Waals surface area (Å²) in [5.41, 5.74) is 1.42. The van der Waals surface area contributed by atoms with Crippen molar-refractivity contribution in [2.75, 3.05) is 50.7 Å². The molecule has 2 N–H and O–H groups in total. The van der Waals surface area contributed by atoms with Gasteiger partial charge in [-0.3, -0.25) is 9.69 Å². The maximum absolute atomic E-state index is 12.9. The van der Waals surface area contributed by atoms with E-state index in [9.17, 15) is 9.59 Å². The maximum Gasteiger partial charge on any atom is 0.410 e. The number of nitrogens with zero attached hydrogens (tertiary/aromatic N) is 6. The van der Waals surface area contributed by atoms with Crippen LogP contribution in [0.3, 0.4) is 0 Å². The van der Waals surface area contributed by atoms with Crippen LogP contribution in [0.4, 0.5) is 10.6 Å². The smallest absolute Gasteiger partial charge is 0.410 e. The molecule has 5 rings (SSSR count). The van der Waals surface area contributed by atoms with Crippen LogP contribution in [0.25, 0.3) is 0 Å². The largest absolute Gasteiger partial charge is 0.444 e. The van der Waals surface area contributed by atoms with Gasteiger partial charge in [-0.25, -0.2) is 4.79 Å². The number of benzene rings is 1. The average Bonchev–Trinajstić information content (AvgIpc) is 3.04. The van der Waals surface area contributed by atoms with Gasteiger partial charge in [-0.1, -0.05) is 17.7 Å². The van der Waals surface area contributed by atoms with E-state index in [4.69, 9.17) is 21.6 Å². The minimum absolute atomic E-state index is 0.121. The molecule has 248 valence electrons. The highest BCUT2D eigenvalue weighted by atomic mass is 35.5. The van der Waals surface area contributed by atoms with Gasteiger partial charge in [-0.2, -0.15) is 5.26 Å². The number of carbonyl (C=O) groups excluding carboxylic acids is 2. The molecule has 3 heterocycles. The van der Waals surface area contributed by atoms with Crippen LogP contribution in [0.1, 0.15) is 80.9 Å². The predicted molar refractivity (Wildman–Crippen MR) is 178 cm³/mol. The normalized spacial score (nSPS) is 21.5. The van der Waals surface area contributed by atoms with Crippen molar-refractivity contribution in [1.82, 2.24) is 30.6 Å². The van der Waals surface area contributed by atoms with Crippen LogP contribution in [-0.4, -0.2) is 95.5 Å². The number of hydrogen-bond acceptors (Lipinski definition) is 9. The van der Waals surface area contributed by atoms with Gasteiger partial charge in [-0.05, 0) is 95.0 Å². The highest BCUT2D eigenvalue weighted by molar-refractivity contribution is 6.31. The number of nitrogens with one attached hydrogen (secondary N) is 2. The van der Waals surface area contributed by atoms with Crippen molar-refractivity contribution >= 4 is 29.4 Å². The summed E-state index contributed by atoms with van der Waals surface area (Å²) in [4.78, 5) is 31.8. The monoisotopic (exact) mass is 650 g/mol. The van der Waals surface area contributed by atoms with Crippen molar-refractivity contribution in [3.8, 4) is 6.07 Å². The van der Waals surface area contributed by atoms with E-state index in [2.05, 4.69) is 36.7 Å². The Kier molecular flexibility index (Phi) is 11.4. The van der Waals surface area contributed by atoms with E-state index in [1.807, 2.05) is 43.9 Å². The fraction of sp³-hybridized carbons (Fsp3) is 0.618. The van der Waals surface area contributed by atoms with Crippen molar-refractivity contribution in [2.45, 2.75) is 83.5 Å². The molecule has 2 aromatic rings. The first-order valence-corrected chi connectivity index (χ1v) is 17.0. The predicted octanol–water partition coefficient (Wildman–Crippen LogP) is 4.60. The number of ether oxygens (including phenoxy) is 1. The zero-order chi connectivity index (χ0) is 32.7. The van der Waals surface area contributed by atoms with E-state index < -0.39 is 5.60 Å². The molecule has 1 saturated carbocycles. The van der Waals surface area contributed by atoms with Crippen LogP contribution in [0, 0.1) is 17.2 Å². The number of hydrogen-bond donors (Lipinski definition) is 2. The average molecular weight is 651 g/mol. The van der Waals surface area contributed by atoms with Gasteiger partial charge >= 0.3 is 6.09 Å². The van der Waals surface area contributed by atoms with E-state index in [0.29, 0.717) is 47.9 Å². The summed E-state index contributed by atoms with van der Waals surface area (Å²) in [5.74, 6) is 1.26. The van der Waals surface area contributed by atoms with Crippen molar-refractivity contribution in [3.05, 3.63) is 52.2 Å². The number of anilines is 1. The Bertz CT molecular complexity index is 1370. The minimum atomic E-state index is -0.468. The van der Waals surface area contributed by atoms with E-state index in [1.54, 1.807) is 12.1 Å². The van der Waals surface area contributed by atoms with Crippen LogP contribution < -0.4 is 15.5 Å². The number of carbonyl (C=O) groups is 2. The number of amides is 2. The first kappa shape index (κ1) is 33.9. The van der Waals surface area contributed by atoms with Crippen molar-refractivity contribution in [3.63, 3.8) is 0 Å². The summed E-state index contributed by atoms with van der Waals surface area (Å²) in [6, 6.07) is 11.8. The topological polar surface area (TPSA) is 127 Å².